The number of hydrogen-bond donors (Lipinski definition) is 1. The number of anilines is 1. The van der Waals surface area contributed by atoms with Crippen LogP contribution in [0.5, 0.6) is 0 Å². The van der Waals surface area contributed by atoms with Gasteiger partial charge in [-0.25, -0.2) is 0 Å². The first-order chi connectivity index (χ1) is 25.3. The molecule has 10 aromatic rings. The zero-order valence-corrected chi connectivity index (χ0v) is 28.5. The monoisotopic (exact) mass is 665 g/mol. The van der Waals surface area contributed by atoms with Gasteiger partial charge in [0.25, 0.3) is 0 Å². The van der Waals surface area contributed by atoms with E-state index in [1.165, 1.54) is 103 Å². The first-order valence-corrected chi connectivity index (χ1v) is 18.5. The van der Waals surface area contributed by atoms with Gasteiger partial charge in [-0.15, -0.1) is 0 Å². The molecule has 0 saturated carbocycles. The molecular weight excluding hydrogens is 635 g/mol. The van der Waals surface area contributed by atoms with E-state index in [1.54, 1.807) is 0 Å². The molecule has 51 heavy (non-hydrogen) atoms. The summed E-state index contributed by atoms with van der Waals surface area (Å²) in [6, 6.07) is 65.1. The molecule has 1 aliphatic heterocycles. The minimum Gasteiger partial charge on any atom is -0.368 e. The van der Waals surface area contributed by atoms with Crippen LogP contribution in [0.25, 0.3) is 86.9 Å². The Hall–Kier alpha value is -6.09. The third-order valence-electron chi connectivity index (χ3n) is 10.9. The Morgan fingerprint density at radius 1 is 0.373 bits per heavy atom. The third-order valence-corrected chi connectivity index (χ3v) is 12.2. The summed E-state index contributed by atoms with van der Waals surface area (Å²) < 4.78 is 0. The molecule has 0 spiro atoms. The first kappa shape index (κ1) is 28.7. The average Bonchev–Trinajstić information content (AvgIpc) is 3.65. The predicted octanol–water partition coefficient (Wildman–Crippen LogP) is 14.2. The Kier molecular flexibility index (Phi) is 6.31. The zero-order valence-electron chi connectivity index (χ0n) is 27.7. The van der Waals surface area contributed by atoms with Gasteiger partial charge < -0.3 is 5.32 Å². The molecule has 0 aliphatic carbocycles. The van der Waals surface area contributed by atoms with Gasteiger partial charge in [0.2, 0.25) is 0 Å². The number of hydrogen-bond acceptors (Lipinski definition) is 2. The fourth-order valence-electron chi connectivity index (χ4n) is 8.47. The van der Waals surface area contributed by atoms with Crippen LogP contribution in [0.1, 0.15) is 10.9 Å². The van der Waals surface area contributed by atoms with Gasteiger partial charge >= 0.3 is 0 Å². The van der Waals surface area contributed by atoms with Crippen molar-refractivity contribution in [2.75, 3.05) is 5.32 Å². The maximum atomic E-state index is 3.79. The number of thioether (sulfide) groups is 1. The van der Waals surface area contributed by atoms with Crippen molar-refractivity contribution in [1.29, 1.82) is 0 Å². The molecule has 1 nitrogen and oxygen atoms in total. The Labute approximate surface area is 300 Å². The van der Waals surface area contributed by atoms with E-state index < -0.39 is 0 Å². The van der Waals surface area contributed by atoms with Crippen LogP contribution >= 0.6 is 11.8 Å². The van der Waals surface area contributed by atoms with Gasteiger partial charge in [-0.2, -0.15) is 0 Å². The highest BCUT2D eigenvalue weighted by atomic mass is 32.2. The largest absolute Gasteiger partial charge is 0.368 e. The minimum atomic E-state index is 0.202. The normalized spacial score (nSPS) is 14.2. The third kappa shape index (κ3) is 4.43. The SMILES string of the molecule is c1ccc(C2Nc3ccc4ccc5ccc(-c6cccc7c(-c8ccc9c%10ccccc%10c%10ccccc%10c9c8)cccc67)cc5c4c3S2)cc1. The van der Waals surface area contributed by atoms with E-state index >= 15 is 0 Å². The second kappa shape index (κ2) is 11.2. The second-order valence-corrected chi connectivity index (χ2v) is 14.8. The summed E-state index contributed by atoms with van der Waals surface area (Å²) in [5, 5.41) is 19.5. The molecule has 10 aromatic carbocycles. The molecule has 2 heteroatoms. The van der Waals surface area contributed by atoms with E-state index in [0.29, 0.717) is 0 Å². The number of rotatable bonds is 3. The smallest absolute Gasteiger partial charge is 0.103 e. The van der Waals surface area contributed by atoms with Crippen LogP contribution in [-0.2, 0) is 0 Å². The molecule has 0 fully saturated rings. The van der Waals surface area contributed by atoms with Crippen molar-refractivity contribution in [2.24, 2.45) is 0 Å². The predicted molar refractivity (Wildman–Crippen MR) is 221 cm³/mol. The molecule has 0 bridgehead atoms. The van der Waals surface area contributed by atoms with Crippen molar-refractivity contribution in [3.63, 3.8) is 0 Å². The summed E-state index contributed by atoms with van der Waals surface area (Å²) in [5.74, 6) is 0. The van der Waals surface area contributed by atoms with E-state index in [0.717, 1.165) is 0 Å². The molecule has 1 N–H and O–H groups in total. The lowest BCUT2D eigenvalue weighted by molar-refractivity contribution is 1.14. The number of fused-ring (bicyclic) bond motifs is 12. The molecule has 0 radical (unpaired) electrons. The Balaban J connectivity index is 1.08. The lowest BCUT2D eigenvalue weighted by Gasteiger charge is -2.15. The Bertz CT molecular complexity index is 3000. The molecule has 1 atom stereocenters. The van der Waals surface area contributed by atoms with Crippen molar-refractivity contribution in [3.8, 4) is 22.3 Å². The highest BCUT2D eigenvalue weighted by Crippen LogP contribution is 2.51. The average molecular weight is 666 g/mol. The van der Waals surface area contributed by atoms with Gasteiger partial charge in [0.15, 0.2) is 0 Å². The van der Waals surface area contributed by atoms with Crippen LogP contribution in [0.2, 0.25) is 0 Å². The molecular formula is C49H31NS. The van der Waals surface area contributed by atoms with Crippen molar-refractivity contribution in [2.45, 2.75) is 10.3 Å². The molecule has 1 heterocycles. The summed E-state index contributed by atoms with van der Waals surface area (Å²) in [7, 11) is 0. The maximum Gasteiger partial charge on any atom is 0.103 e. The standard InChI is InChI=1S/C49H31NS/c1-2-10-32(11-3-1)49-50-46-27-25-31-22-20-30-21-23-33(28-44(30)47(31)48(46)51-49)35-16-8-19-38-36(17-9-18-37(35)38)34-24-26-43-41-14-5-4-12-39(41)40-13-6-7-15-42(40)45(43)29-34/h1-29,49-50H. The summed E-state index contributed by atoms with van der Waals surface area (Å²) >= 11 is 1.93. The molecule has 1 aliphatic rings. The minimum absolute atomic E-state index is 0.202. The van der Waals surface area contributed by atoms with Crippen LogP contribution in [0, 0.1) is 0 Å². The van der Waals surface area contributed by atoms with Crippen molar-refractivity contribution in [1.82, 2.24) is 0 Å². The molecule has 11 rings (SSSR count). The topological polar surface area (TPSA) is 12.0 Å². The number of nitrogens with one attached hydrogen (secondary N) is 1. The van der Waals surface area contributed by atoms with Gasteiger partial charge in [-0.3, -0.25) is 0 Å². The van der Waals surface area contributed by atoms with Gasteiger partial charge in [-0.1, -0.05) is 169 Å². The molecule has 238 valence electrons. The van der Waals surface area contributed by atoms with Gasteiger partial charge in [0.1, 0.15) is 5.37 Å². The van der Waals surface area contributed by atoms with Crippen LogP contribution in [0.15, 0.2) is 181 Å². The van der Waals surface area contributed by atoms with Crippen molar-refractivity contribution >= 4 is 82.1 Å². The van der Waals surface area contributed by atoms with Crippen molar-refractivity contribution < 1.29 is 0 Å². The first-order valence-electron chi connectivity index (χ1n) is 17.6. The summed E-state index contributed by atoms with van der Waals surface area (Å²) in [6.45, 7) is 0. The second-order valence-electron chi connectivity index (χ2n) is 13.7. The molecule has 0 amide bonds. The lowest BCUT2D eigenvalue weighted by Crippen LogP contribution is -2.00. The fourth-order valence-corrected chi connectivity index (χ4v) is 9.79. The van der Waals surface area contributed by atoms with Crippen LogP contribution in [-0.4, -0.2) is 0 Å². The van der Waals surface area contributed by atoms with Gasteiger partial charge in [0, 0.05) is 16.0 Å². The van der Waals surface area contributed by atoms with E-state index in [9.17, 15) is 0 Å². The fraction of sp³-hybridized carbons (Fsp3) is 0.0204. The quantitative estimate of drug-likeness (QED) is 0.189. The molecule has 1 unspecified atom stereocenters. The molecule has 0 aromatic heterocycles. The molecule has 0 saturated heterocycles. The number of benzene rings is 10. The highest BCUT2D eigenvalue weighted by Gasteiger charge is 2.25. The lowest BCUT2D eigenvalue weighted by atomic mass is 9.89. The highest BCUT2D eigenvalue weighted by molar-refractivity contribution is 8.00. The van der Waals surface area contributed by atoms with Crippen LogP contribution in [0.4, 0.5) is 5.69 Å². The summed E-state index contributed by atoms with van der Waals surface area (Å²) in [4.78, 5) is 1.33. The van der Waals surface area contributed by atoms with E-state index in [-0.39, 0.29) is 5.37 Å². The zero-order chi connectivity index (χ0) is 33.5. The van der Waals surface area contributed by atoms with Crippen LogP contribution in [0.3, 0.4) is 0 Å². The van der Waals surface area contributed by atoms with Gasteiger partial charge in [0.05, 0.1) is 0 Å². The summed E-state index contributed by atoms with van der Waals surface area (Å²) in [6.07, 6.45) is 0. The van der Waals surface area contributed by atoms with E-state index in [4.69, 9.17) is 0 Å². The summed E-state index contributed by atoms with van der Waals surface area (Å²) in [5.41, 5.74) is 7.50. The van der Waals surface area contributed by atoms with Gasteiger partial charge in [-0.05, 0) is 105 Å². The van der Waals surface area contributed by atoms with Crippen LogP contribution < -0.4 is 5.32 Å². The Morgan fingerprint density at radius 2 is 0.882 bits per heavy atom. The van der Waals surface area contributed by atoms with E-state index in [1.807, 2.05) is 11.8 Å². The Morgan fingerprint density at radius 3 is 1.57 bits per heavy atom. The maximum absolute atomic E-state index is 3.79. The van der Waals surface area contributed by atoms with Crippen molar-refractivity contribution in [3.05, 3.63) is 181 Å². The van der Waals surface area contributed by atoms with E-state index in [2.05, 4.69) is 181 Å².